The number of pyridine rings is 1. The topological polar surface area (TPSA) is 50.9 Å². The Morgan fingerprint density at radius 1 is 1.39 bits per heavy atom. The van der Waals surface area contributed by atoms with Crippen LogP contribution in [0.4, 0.5) is 11.4 Å². The minimum absolute atomic E-state index is 0.296. The molecule has 0 atom stereocenters. The fourth-order valence-electron chi connectivity index (χ4n) is 1.54. The molecular formula is C13H12BrN3S. The molecule has 0 aliphatic heterocycles. The molecule has 0 unspecified atom stereocenters. The number of nitrogens with two attached hydrogens (primary N) is 1. The van der Waals surface area contributed by atoms with Crippen LogP contribution >= 0.6 is 28.1 Å². The predicted molar refractivity (Wildman–Crippen MR) is 82.3 cm³/mol. The van der Waals surface area contributed by atoms with Gasteiger partial charge in [0.25, 0.3) is 0 Å². The molecule has 0 bridgehead atoms. The normalized spacial score (nSPS) is 10.1. The highest BCUT2D eigenvalue weighted by Crippen LogP contribution is 2.26. The molecule has 0 aliphatic carbocycles. The van der Waals surface area contributed by atoms with Gasteiger partial charge in [-0.15, -0.1) is 0 Å². The molecule has 3 N–H and O–H groups in total. The molecule has 2 rings (SSSR count). The van der Waals surface area contributed by atoms with E-state index in [4.69, 9.17) is 18.0 Å². The standard InChI is InChI=1S/C13H12BrN3S/c1-8-10(14)3-2-4-11(8)17-9-5-6-16-12(7-9)13(15)18/h2-7H,1H3,(H2,15,18)(H,16,17). The lowest BCUT2D eigenvalue weighted by atomic mass is 10.2. The van der Waals surface area contributed by atoms with Crippen molar-refractivity contribution >= 4 is 44.5 Å². The van der Waals surface area contributed by atoms with Crippen molar-refractivity contribution in [3.05, 3.63) is 52.3 Å². The van der Waals surface area contributed by atoms with E-state index < -0.39 is 0 Å². The van der Waals surface area contributed by atoms with Crippen LogP contribution in [0.15, 0.2) is 41.0 Å². The summed E-state index contributed by atoms with van der Waals surface area (Å²) in [6.45, 7) is 2.04. The van der Waals surface area contributed by atoms with Crippen molar-refractivity contribution in [1.29, 1.82) is 0 Å². The Morgan fingerprint density at radius 2 is 2.17 bits per heavy atom. The second kappa shape index (κ2) is 5.46. The minimum Gasteiger partial charge on any atom is -0.388 e. The average molecular weight is 322 g/mol. The maximum Gasteiger partial charge on any atom is 0.122 e. The van der Waals surface area contributed by atoms with Crippen LogP contribution < -0.4 is 11.1 Å². The summed E-state index contributed by atoms with van der Waals surface area (Å²) < 4.78 is 1.07. The summed E-state index contributed by atoms with van der Waals surface area (Å²) in [5.41, 5.74) is 9.26. The van der Waals surface area contributed by atoms with Crippen LogP contribution in [-0.2, 0) is 0 Å². The van der Waals surface area contributed by atoms with Crippen LogP contribution in [-0.4, -0.2) is 9.97 Å². The van der Waals surface area contributed by atoms with E-state index in [1.54, 1.807) is 6.20 Å². The molecule has 18 heavy (non-hydrogen) atoms. The van der Waals surface area contributed by atoms with Crippen LogP contribution in [0.5, 0.6) is 0 Å². The fraction of sp³-hybridized carbons (Fsp3) is 0.0769. The monoisotopic (exact) mass is 321 g/mol. The molecule has 2 aromatic rings. The molecule has 0 radical (unpaired) electrons. The zero-order valence-corrected chi connectivity index (χ0v) is 12.2. The SMILES string of the molecule is Cc1c(Br)cccc1Nc1ccnc(C(N)=S)c1. The van der Waals surface area contributed by atoms with Crippen molar-refractivity contribution in [3.8, 4) is 0 Å². The van der Waals surface area contributed by atoms with Gasteiger partial charge in [-0.25, -0.2) is 0 Å². The second-order valence-electron chi connectivity index (χ2n) is 3.83. The second-order valence-corrected chi connectivity index (χ2v) is 5.13. The number of aromatic nitrogens is 1. The molecule has 0 spiro atoms. The van der Waals surface area contributed by atoms with Crippen molar-refractivity contribution < 1.29 is 0 Å². The summed E-state index contributed by atoms with van der Waals surface area (Å²) >= 11 is 8.42. The van der Waals surface area contributed by atoms with E-state index in [9.17, 15) is 0 Å². The molecule has 5 heteroatoms. The van der Waals surface area contributed by atoms with Gasteiger partial charge in [0.2, 0.25) is 0 Å². The lowest BCUT2D eigenvalue weighted by Gasteiger charge is -2.11. The predicted octanol–water partition coefficient (Wildman–Crippen LogP) is 3.53. The van der Waals surface area contributed by atoms with Gasteiger partial charge in [0, 0.05) is 22.0 Å². The molecule has 1 heterocycles. The fourth-order valence-corrected chi connectivity index (χ4v) is 2.02. The van der Waals surface area contributed by atoms with Crippen LogP contribution in [0.25, 0.3) is 0 Å². The van der Waals surface area contributed by atoms with Crippen LogP contribution in [0.2, 0.25) is 0 Å². The highest BCUT2D eigenvalue weighted by molar-refractivity contribution is 9.10. The summed E-state index contributed by atoms with van der Waals surface area (Å²) in [6.07, 6.45) is 1.68. The highest BCUT2D eigenvalue weighted by atomic mass is 79.9. The summed E-state index contributed by atoms with van der Waals surface area (Å²) in [4.78, 5) is 4.40. The Morgan fingerprint density at radius 3 is 2.89 bits per heavy atom. The third-order valence-corrected chi connectivity index (χ3v) is 3.63. The van der Waals surface area contributed by atoms with E-state index >= 15 is 0 Å². The summed E-state index contributed by atoms with van der Waals surface area (Å²) in [7, 11) is 0. The molecule has 3 nitrogen and oxygen atoms in total. The third kappa shape index (κ3) is 2.86. The van der Waals surface area contributed by atoms with Gasteiger partial charge < -0.3 is 11.1 Å². The lowest BCUT2D eigenvalue weighted by molar-refractivity contribution is 1.28. The number of thiocarbonyl (C=S) groups is 1. The maximum atomic E-state index is 5.56. The number of rotatable bonds is 3. The van der Waals surface area contributed by atoms with E-state index in [1.165, 1.54) is 0 Å². The van der Waals surface area contributed by atoms with Gasteiger partial charge in [0.1, 0.15) is 4.99 Å². The first-order valence-electron chi connectivity index (χ1n) is 5.36. The Labute approximate surface area is 120 Å². The van der Waals surface area contributed by atoms with Crippen LogP contribution in [0, 0.1) is 6.92 Å². The number of hydrogen-bond acceptors (Lipinski definition) is 3. The van der Waals surface area contributed by atoms with Gasteiger partial charge in [-0.1, -0.05) is 34.2 Å². The summed E-state index contributed by atoms with van der Waals surface area (Å²) in [5.74, 6) is 0. The number of nitrogens with one attached hydrogen (secondary N) is 1. The number of anilines is 2. The first-order chi connectivity index (χ1) is 8.58. The minimum atomic E-state index is 0.296. The van der Waals surface area contributed by atoms with Crippen molar-refractivity contribution in [1.82, 2.24) is 4.98 Å². The lowest BCUT2D eigenvalue weighted by Crippen LogP contribution is -2.11. The van der Waals surface area contributed by atoms with E-state index in [0.29, 0.717) is 10.7 Å². The largest absolute Gasteiger partial charge is 0.388 e. The number of hydrogen-bond donors (Lipinski definition) is 2. The van der Waals surface area contributed by atoms with Gasteiger partial charge in [0.05, 0.1) is 5.69 Å². The molecule has 1 aromatic heterocycles. The molecule has 1 aromatic carbocycles. The maximum absolute atomic E-state index is 5.56. The summed E-state index contributed by atoms with van der Waals surface area (Å²) in [5, 5.41) is 3.32. The number of nitrogens with zero attached hydrogens (tertiary/aromatic N) is 1. The zero-order chi connectivity index (χ0) is 13.1. The Bertz CT molecular complexity index is 599. The third-order valence-electron chi connectivity index (χ3n) is 2.56. The van der Waals surface area contributed by atoms with Gasteiger partial charge in [0.15, 0.2) is 0 Å². The van der Waals surface area contributed by atoms with Crippen molar-refractivity contribution in [3.63, 3.8) is 0 Å². The molecule has 0 saturated heterocycles. The average Bonchev–Trinajstić information content (AvgIpc) is 2.35. The van der Waals surface area contributed by atoms with E-state index in [-0.39, 0.29) is 0 Å². The Kier molecular flexibility index (Phi) is 3.93. The number of benzene rings is 1. The molecule has 0 aliphatic rings. The van der Waals surface area contributed by atoms with Crippen LogP contribution in [0.1, 0.15) is 11.3 Å². The van der Waals surface area contributed by atoms with Gasteiger partial charge in [-0.05, 0) is 36.8 Å². The van der Waals surface area contributed by atoms with Gasteiger partial charge in [-0.2, -0.15) is 0 Å². The molecule has 0 amide bonds. The molecule has 92 valence electrons. The first kappa shape index (κ1) is 13.0. The van der Waals surface area contributed by atoms with E-state index in [0.717, 1.165) is 21.4 Å². The van der Waals surface area contributed by atoms with E-state index in [1.807, 2.05) is 37.3 Å². The van der Waals surface area contributed by atoms with E-state index in [2.05, 4.69) is 26.2 Å². The quantitative estimate of drug-likeness (QED) is 0.849. The first-order valence-corrected chi connectivity index (χ1v) is 6.56. The smallest absolute Gasteiger partial charge is 0.122 e. The van der Waals surface area contributed by atoms with Crippen LogP contribution in [0.3, 0.4) is 0 Å². The summed E-state index contributed by atoms with van der Waals surface area (Å²) in [6, 6.07) is 9.72. The Hall–Kier alpha value is -1.46. The van der Waals surface area contributed by atoms with Crippen molar-refractivity contribution in [2.24, 2.45) is 5.73 Å². The molecule has 0 fully saturated rings. The van der Waals surface area contributed by atoms with Crippen molar-refractivity contribution in [2.45, 2.75) is 6.92 Å². The van der Waals surface area contributed by atoms with Gasteiger partial charge >= 0.3 is 0 Å². The molecular weight excluding hydrogens is 310 g/mol. The zero-order valence-electron chi connectivity index (χ0n) is 9.77. The molecule has 0 saturated carbocycles. The van der Waals surface area contributed by atoms with Crippen molar-refractivity contribution in [2.75, 3.05) is 5.32 Å². The van der Waals surface area contributed by atoms with Gasteiger partial charge in [-0.3, -0.25) is 4.98 Å². The highest BCUT2D eigenvalue weighted by Gasteiger charge is 2.04. The number of halogens is 1. The Balaban J connectivity index is 2.31.